The van der Waals surface area contributed by atoms with Crippen molar-refractivity contribution < 1.29 is 4.79 Å². The third kappa shape index (κ3) is 3.20. The molecule has 0 spiro atoms. The first-order valence-electron chi connectivity index (χ1n) is 6.72. The summed E-state index contributed by atoms with van der Waals surface area (Å²) in [5.74, 6) is 0.202. The van der Waals surface area contributed by atoms with Crippen LogP contribution in [-0.2, 0) is 0 Å². The van der Waals surface area contributed by atoms with Gasteiger partial charge in [-0.1, -0.05) is 6.92 Å². The molecule has 0 aliphatic carbocycles. The van der Waals surface area contributed by atoms with Crippen LogP contribution in [0.5, 0.6) is 0 Å². The maximum absolute atomic E-state index is 12.2. The molecule has 19 heavy (non-hydrogen) atoms. The van der Waals surface area contributed by atoms with Gasteiger partial charge in [0.1, 0.15) is 11.5 Å². The van der Waals surface area contributed by atoms with Gasteiger partial charge in [0.2, 0.25) is 0 Å². The molecule has 1 aromatic rings. The molecule has 0 saturated carbocycles. The highest BCUT2D eigenvalue weighted by Gasteiger charge is 2.24. The third-order valence-corrected chi connectivity index (χ3v) is 3.69. The molecule has 6 heteroatoms. The number of aromatic nitrogens is 2. The Morgan fingerprint density at radius 1 is 1.37 bits per heavy atom. The minimum absolute atomic E-state index is 0.0800. The molecule has 104 valence electrons. The molecule has 1 amide bonds. The summed E-state index contributed by atoms with van der Waals surface area (Å²) in [6.45, 7) is 7.71. The SMILES string of the molecule is CCC(C)N1CCN(C(=O)c2cncc(N)n2)CC1. The maximum Gasteiger partial charge on any atom is 0.274 e. The van der Waals surface area contributed by atoms with Crippen LogP contribution in [0.4, 0.5) is 5.82 Å². The topological polar surface area (TPSA) is 75.3 Å². The van der Waals surface area contributed by atoms with Gasteiger partial charge >= 0.3 is 0 Å². The minimum atomic E-state index is -0.0800. The van der Waals surface area contributed by atoms with Crippen LogP contribution in [0, 0.1) is 0 Å². The number of hydrogen-bond donors (Lipinski definition) is 1. The molecule has 0 aromatic carbocycles. The largest absolute Gasteiger partial charge is 0.382 e. The first-order valence-corrected chi connectivity index (χ1v) is 6.72. The molecule has 6 nitrogen and oxygen atoms in total. The van der Waals surface area contributed by atoms with Gasteiger partial charge in [-0.25, -0.2) is 4.98 Å². The Morgan fingerprint density at radius 2 is 2.05 bits per heavy atom. The monoisotopic (exact) mass is 263 g/mol. The van der Waals surface area contributed by atoms with Crippen LogP contribution in [-0.4, -0.2) is 57.9 Å². The van der Waals surface area contributed by atoms with Gasteiger partial charge in [-0.2, -0.15) is 0 Å². The number of anilines is 1. The fraction of sp³-hybridized carbons (Fsp3) is 0.615. The number of nitrogens with two attached hydrogens (primary N) is 1. The first-order chi connectivity index (χ1) is 9.11. The maximum atomic E-state index is 12.2. The zero-order chi connectivity index (χ0) is 13.8. The average molecular weight is 263 g/mol. The molecule has 2 N–H and O–H groups in total. The van der Waals surface area contributed by atoms with Crippen molar-refractivity contribution >= 4 is 11.7 Å². The van der Waals surface area contributed by atoms with E-state index < -0.39 is 0 Å². The molecule has 2 rings (SSSR count). The van der Waals surface area contributed by atoms with Crippen LogP contribution in [0.2, 0.25) is 0 Å². The van der Waals surface area contributed by atoms with E-state index in [-0.39, 0.29) is 11.7 Å². The van der Waals surface area contributed by atoms with E-state index in [0.29, 0.717) is 11.7 Å². The minimum Gasteiger partial charge on any atom is -0.382 e. The molecule has 0 bridgehead atoms. The number of carbonyl (C=O) groups is 1. The normalized spacial score (nSPS) is 18.3. The number of nitrogens with zero attached hydrogens (tertiary/aromatic N) is 4. The van der Waals surface area contributed by atoms with E-state index in [1.165, 1.54) is 12.4 Å². The zero-order valence-corrected chi connectivity index (χ0v) is 11.5. The van der Waals surface area contributed by atoms with Gasteiger partial charge < -0.3 is 10.6 Å². The van der Waals surface area contributed by atoms with Gasteiger partial charge in [-0.15, -0.1) is 0 Å². The van der Waals surface area contributed by atoms with Gasteiger partial charge in [-0.3, -0.25) is 14.7 Å². The Hall–Kier alpha value is -1.69. The Kier molecular flexibility index (Phi) is 4.31. The molecule has 1 atom stereocenters. The van der Waals surface area contributed by atoms with Crippen molar-refractivity contribution in [2.24, 2.45) is 0 Å². The fourth-order valence-corrected chi connectivity index (χ4v) is 2.27. The number of carbonyl (C=O) groups excluding carboxylic acids is 1. The van der Waals surface area contributed by atoms with Gasteiger partial charge in [0.05, 0.1) is 12.4 Å². The highest BCUT2D eigenvalue weighted by atomic mass is 16.2. The Morgan fingerprint density at radius 3 is 2.63 bits per heavy atom. The molecule has 1 unspecified atom stereocenters. The van der Waals surface area contributed by atoms with Crippen molar-refractivity contribution in [1.29, 1.82) is 0 Å². The number of piperazine rings is 1. The standard InChI is InChI=1S/C13H21N5O/c1-3-10(2)17-4-6-18(7-5-17)13(19)11-8-15-9-12(14)16-11/h8-10H,3-7H2,1-2H3,(H2,14,16). The molecule has 1 fully saturated rings. The Balaban J connectivity index is 1.96. The first kappa shape index (κ1) is 13.7. The number of hydrogen-bond acceptors (Lipinski definition) is 5. The van der Waals surface area contributed by atoms with E-state index in [0.717, 1.165) is 32.6 Å². The summed E-state index contributed by atoms with van der Waals surface area (Å²) in [4.78, 5) is 24.4. The molecule has 1 aromatic heterocycles. The zero-order valence-electron chi connectivity index (χ0n) is 11.5. The summed E-state index contributed by atoms with van der Waals surface area (Å²) in [5.41, 5.74) is 5.88. The lowest BCUT2D eigenvalue weighted by Gasteiger charge is -2.37. The molecule has 2 heterocycles. The van der Waals surface area contributed by atoms with Crippen molar-refractivity contribution in [3.8, 4) is 0 Å². The Bertz CT molecular complexity index is 442. The van der Waals surface area contributed by atoms with E-state index in [1.807, 2.05) is 4.90 Å². The molecular formula is C13H21N5O. The van der Waals surface area contributed by atoms with E-state index in [2.05, 4.69) is 28.7 Å². The second-order valence-corrected chi connectivity index (χ2v) is 4.91. The van der Waals surface area contributed by atoms with Gasteiger partial charge in [0.25, 0.3) is 5.91 Å². The summed E-state index contributed by atoms with van der Waals surface area (Å²) in [7, 11) is 0. The smallest absolute Gasteiger partial charge is 0.274 e. The van der Waals surface area contributed by atoms with Gasteiger partial charge in [0, 0.05) is 32.2 Å². The van der Waals surface area contributed by atoms with E-state index >= 15 is 0 Å². The van der Waals surface area contributed by atoms with Crippen molar-refractivity contribution in [2.75, 3.05) is 31.9 Å². The molecule has 1 aliphatic heterocycles. The van der Waals surface area contributed by atoms with Crippen molar-refractivity contribution in [2.45, 2.75) is 26.3 Å². The summed E-state index contributed by atoms with van der Waals surface area (Å²) in [6.07, 6.45) is 4.05. The summed E-state index contributed by atoms with van der Waals surface area (Å²) >= 11 is 0. The lowest BCUT2D eigenvalue weighted by Crippen LogP contribution is -2.51. The highest BCUT2D eigenvalue weighted by molar-refractivity contribution is 5.92. The van der Waals surface area contributed by atoms with Crippen LogP contribution < -0.4 is 5.73 Å². The van der Waals surface area contributed by atoms with Gasteiger partial charge in [0.15, 0.2) is 0 Å². The second-order valence-electron chi connectivity index (χ2n) is 4.91. The average Bonchev–Trinajstić information content (AvgIpc) is 2.46. The molecule has 0 radical (unpaired) electrons. The summed E-state index contributed by atoms with van der Waals surface area (Å²) in [5, 5.41) is 0. The highest BCUT2D eigenvalue weighted by Crippen LogP contribution is 2.11. The molecule has 1 saturated heterocycles. The summed E-state index contributed by atoms with van der Waals surface area (Å²) < 4.78 is 0. The van der Waals surface area contributed by atoms with Gasteiger partial charge in [-0.05, 0) is 13.3 Å². The van der Waals surface area contributed by atoms with Crippen LogP contribution in [0.15, 0.2) is 12.4 Å². The van der Waals surface area contributed by atoms with Crippen LogP contribution in [0.3, 0.4) is 0 Å². The van der Waals surface area contributed by atoms with Crippen LogP contribution >= 0.6 is 0 Å². The van der Waals surface area contributed by atoms with E-state index in [1.54, 1.807) is 0 Å². The Labute approximate surface area is 113 Å². The van der Waals surface area contributed by atoms with Crippen molar-refractivity contribution in [3.05, 3.63) is 18.1 Å². The van der Waals surface area contributed by atoms with E-state index in [4.69, 9.17) is 5.73 Å². The van der Waals surface area contributed by atoms with Crippen molar-refractivity contribution in [3.63, 3.8) is 0 Å². The molecular weight excluding hydrogens is 242 g/mol. The third-order valence-electron chi connectivity index (χ3n) is 3.69. The predicted octanol–water partition coefficient (Wildman–Crippen LogP) is 0.615. The van der Waals surface area contributed by atoms with Crippen molar-refractivity contribution in [1.82, 2.24) is 19.8 Å². The van der Waals surface area contributed by atoms with Crippen LogP contribution in [0.25, 0.3) is 0 Å². The second kappa shape index (κ2) is 5.97. The van der Waals surface area contributed by atoms with Crippen LogP contribution in [0.1, 0.15) is 30.8 Å². The van der Waals surface area contributed by atoms with E-state index in [9.17, 15) is 4.79 Å². The summed E-state index contributed by atoms with van der Waals surface area (Å²) in [6, 6.07) is 0.574. The fourth-order valence-electron chi connectivity index (χ4n) is 2.27. The number of nitrogen functional groups attached to an aromatic ring is 1. The lowest BCUT2D eigenvalue weighted by atomic mass is 10.2. The molecule has 1 aliphatic rings. The number of rotatable bonds is 3. The predicted molar refractivity (Wildman–Crippen MR) is 73.7 cm³/mol. The lowest BCUT2D eigenvalue weighted by molar-refractivity contribution is 0.0574. The number of amides is 1. The quantitative estimate of drug-likeness (QED) is 0.865.